The summed E-state index contributed by atoms with van der Waals surface area (Å²) in [5, 5.41) is 6.83. The van der Waals surface area contributed by atoms with Crippen molar-refractivity contribution in [3.05, 3.63) is 0 Å². The fraction of sp³-hybridized carbons (Fsp3) is 0.900. The van der Waals surface area contributed by atoms with Crippen LogP contribution in [0.15, 0.2) is 0 Å². The predicted molar refractivity (Wildman–Crippen MR) is 52.7 cm³/mol. The minimum absolute atomic E-state index is 0.117. The van der Waals surface area contributed by atoms with Gasteiger partial charge in [0.15, 0.2) is 0 Å². The Labute approximate surface area is 80.3 Å². The molecule has 75 valence electrons. The smallest absolute Gasteiger partial charge is 0.334 e. The van der Waals surface area contributed by atoms with E-state index in [1.54, 1.807) is 0 Å². The zero-order chi connectivity index (χ0) is 9.52. The molecule has 1 aliphatic carbocycles. The molecule has 0 aromatic heterocycles. The van der Waals surface area contributed by atoms with Gasteiger partial charge in [0.2, 0.25) is 0 Å². The lowest BCUT2D eigenvalue weighted by Gasteiger charge is -2.22. The molecule has 0 spiro atoms. The van der Waals surface area contributed by atoms with E-state index in [1.807, 2.05) is 6.92 Å². The minimum Gasteiger partial charge on any atom is -0.334 e. The van der Waals surface area contributed by atoms with Crippen molar-refractivity contribution in [1.29, 1.82) is 0 Å². The van der Waals surface area contributed by atoms with Crippen molar-refractivity contribution in [3.8, 4) is 0 Å². The molecule has 0 heterocycles. The van der Waals surface area contributed by atoms with Crippen molar-refractivity contribution in [2.24, 2.45) is 0 Å². The van der Waals surface area contributed by atoms with Gasteiger partial charge in [0, 0.05) is 12.6 Å². The topological polar surface area (TPSA) is 43.2 Å². The van der Waals surface area contributed by atoms with E-state index in [1.165, 1.54) is 19.3 Å². The molecule has 0 aromatic rings. The average molecular weight is 183 g/mol. The van der Waals surface area contributed by atoms with Crippen molar-refractivity contribution < 1.29 is 4.79 Å². The highest BCUT2D eigenvalue weighted by Gasteiger charge is 2.15. The van der Waals surface area contributed by atoms with Crippen molar-refractivity contribution in [2.45, 2.75) is 51.5 Å². The van der Waals surface area contributed by atoms with Crippen LogP contribution < -0.4 is 10.6 Å². The van der Waals surface area contributed by atoms with Crippen LogP contribution in [0.25, 0.3) is 0 Å². The molecule has 1 aliphatic rings. The van der Waals surface area contributed by atoms with Gasteiger partial charge in [-0.05, 0) is 19.3 Å². The van der Waals surface area contributed by atoms with Crippen molar-refractivity contribution >= 4 is 6.03 Å². The molecule has 1 fully saturated rings. The van der Waals surface area contributed by atoms with Gasteiger partial charge >= 0.3 is 6.03 Å². The van der Waals surface area contributed by atoms with Crippen LogP contribution in [0.5, 0.6) is 0 Å². The quantitative estimate of drug-likeness (QED) is 0.715. The molecule has 0 atom stereocenters. The number of rotatable bonds is 3. The van der Waals surface area contributed by atoms with E-state index in [9.17, 15) is 4.79 Å². The van der Waals surface area contributed by atoms with Crippen LogP contribution in [-0.4, -0.2) is 18.6 Å². The summed E-state index contributed by atoms with van der Waals surface area (Å²) < 4.78 is 0. The highest BCUT2D eigenvalue weighted by atomic mass is 16.2. The molecule has 1 saturated carbocycles. The Morgan fingerprint density at radius 3 is 2.69 bits per heavy atom. The Morgan fingerprint density at radius 1 is 1.38 bits per heavy atom. The van der Waals surface area contributed by atoms with Crippen LogP contribution in [0.2, 0.25) is 0 Å². The lowest BCUT2D eigenvalue weighted by atomic mass is 9.96. The normalized spacial score (nSPS) is 18.2. The maximum absolute atomic E-state index is 11.2. The lowest BCUT2D eigenvalue weighted by Crippen LogP contribution is -2.40. The number of nitrogens with zero attached hydrogens (tertiary/aromatic N) is 1. The standard InChI is InChI=1S/C10H19N2O/c1-2-8-11-10(13)12-9-6-4-3-5-7-9/h9H,2-8H2,1H3,(H,12,13). The molecule has 3 nitrogen and oxygen atoms in total. The second-order valence-electron chi connectivity index (χ2n) is 3.67. The molecule has 0 saturated heterocycles. The van der Waals surface area contributed by atoms with E-state index < -0.39 is 0 Å². The summed E-state index contributed by atoms with van der Waals surface area (Å²) >= 11 is 0. The lowest BCUT2D eigenvalue weighted by molar-refractivity contribution is 0.232. The monoisotopic (exact) mass is 183 g/mol. The van der Waals surface area contributed by atoms with Crippen LogP contribution in [0.1, 0.15) is 45.4 Å². The largest absolute Gasteiger partial charge is 0.336 e. The Bertz CT molecular complexity index is 153. The van der Waals surface area contributed by atoms with Gasteiger partial charge in [-0.3, -0.25) is 0 Å². The zero-order valence-electron chi connectivity index (χ0n) is 8.38. The third-order valence-corrected chi connectivity index (χ3v) is 2.41. The first-order valence-corrected chi connectivity index (χ1v) is 5.31. The van der Waals surface area contributed by atoms with Gasteiger partial charge in [-0.25, -0.2) is 10.1 Å². The first-order chi connectivity index (χ1) is 6.33. The van der Waals surface area contributed by atoms with Crippen molar-refractivity contribution in [3.63, 3.8) is 0 Å². The van der Waals surface area contributed by atoms with Crippen molar-refractivity contribution in [2.75, 3.05) is 6.54 Å². The van der Waals surface area contributed by atoms with Crippen LogP contribution >= 0.6 is 0 Å². The second-order valence-corrected chi connectivity index (χ2v) is 3.67. The average Bonchev–Trinajstić information content (AvgIpc) is 2.16. The summed E-state index contributed by atoms with van der Waals surface area (Å²) in [6.45, 7) is 2.68. The number of carbonyl (C=O) groups excluding carboxylic acids is 1. The van der Waals surface area contributed by atoms with Gasteiger partial charge in [-0.1, -0.05) is 26.2 Å². The van der Waals surface area contributed by atoms with Gasteiger partial charge in [0.1, 0.15) is 0 Å². The highest BCUT2D eigenvalue weighted by Crippen LogP contribution is 2.17. The van der Waals surface area contributed by atoms with Gasteiger partial charge in [0.05, 0.1) is 0 Å². The number of hydrogen-bond donors (Lipinski definition) is 1. The van der Waals surface area contributed by atoms with Gasteiger partial charge < -0.3 is 5.32 Å². The molecular formula is C10H19N2O. The Kier molecular flexibility index (Phi) is 4.65. The summed E-state index contributed by atoms with van der Waals surface area (Å²) in [7, 11) is 0. The van der Waals surface area contributed by atoms with Gasteiger partial charge in [-0.15, -0.1) is 0 Å². The third-order valence-electron chi connectivity index (χ3n) is 2.41. The van der Waals surface area contributed by atoms with E-state index in [0.717, 1.165) is 19.3 Å². The highest BCUT2D eigenvalue weighted by molar-refractivity contribution is 5.73. The molecule has 0 unspecified atom stereocenters. The van der Waals surface area contributed by atoms with E-state index in [4.69, 9.17) is 0 Å². The second kappa shape index (κ2) is 5.84. The summed E-state index contributed by atoms with van der Waals surface area (Å²) in [4.78, 5) is 11.2. The number of hydrogen-bond acceptors (Lipinski definition) is 1. The predicted octanol–water partition coefficient (Wildman–Crippen LogP) is 2.04. The summed E-state index contributed by atoms with van der Waals surface area (Å²) in [6.07, 6.45) is 7.02. The molecule has 3 heteroatoms. The van der Waals surface area contributed by atoms with Crippen LogP contribution in [-0.2, 0) is 0 Å². The van der Waals surface area contributed by atoms with E-state index in [-0.39, 0.29) is 6.03 Å². The van der Waals surface area contributed by atoms with Crippen LogP contribution in [0, 0.1) is 0 Å². The Hall–Kier alpha value is -0.730. The van der Waals surface area contributed by atoms with Crippen molar-refractivity contribution in [1.82, 2.24) is 10.6 Å². The fourth-order valence-electron chi connectivity index (χ4n) is 1.68. The van der Waals surface area contributed by atoms with E-state index in [2.05, 4.69) is 10.6 Å². The summed E-state index contributed by atoms with van der Waals surface area (Å²) in [6, 6.07) is 0.274. The van der Waals surface area contributed by atoms with Gasteiger partial charge in [0.25, 0.3) is 0 Å². The third kappa shape index (κ3) is 4.15. The first kappa shape index (κ1) is 10.4. The maximum atomic E-state index is 11.2. The maximum Gasteiger partial charge on any atom is 0.336 e. The summed E-state index contributed by atoms with van der Waals surface area (Å²) in [5.41, 5.74) is 0. The molecule has 13 heavy (non-hydrogen) atoms. The van der Waals surface area contributed by atoms with E-state index in [0.29, 0.717) is 12.6 Å². The number of urea groups is 1. The van der Waals surface area contributed by atoms with E-state index >= 15 is 0 Å². The molecule has 0 bridgehead atoms. The first-order valence-electron chi connectivity index (χ1n) is 5.31. The number of carbonyl (C=O) groups is 1. The molecule has 0 aromatic carbocycles. The van der Waals surface area contributed by atoms with Crippen LogP contribution in [0.3, 0.4) is 0 Å². The summed E-state index contributed by atoms with van der Waals surface area (Å²) in [5.74, 6) is 0. The molecule has 0 aliphatic heterocycles. The van der Waals surface area contributed by atoms with Crippen LogP contribution in [0.4, 0.5) is 4.79 Å². The SMILES string of the molecule is CCC[N]C(=O)NC1CCCCC1. The molecular weight excluding hydrogens is 164 g/mol. The Morgan fingerprint density at radius 2 is 2.08 bits per heavy atom. The number of amides is 2. The molecule has 2 amide bonds. The number of nitrogens with one attached hydrogen (secondary N) is 1. The molecule has 1 radical (unpaired) electrons. The zero-order valence-corrected chi connectivity index (χ0v) is 8.38. The molecule has 1 rings (SSSR count). The molecule has 1 N–H and O–H groups in total. The van der Waals surface area contributed by atoms with Gasteiger partial charge in [-0.2, -0.15) is 0 Å². The Balaban J connectivity index is 2.11. The fourth-order valence-corrected chi connectivity index (χ4v) is 1.68. The minimum atomic E-state index is -0.117.